The molecule has 0 aliphatic carbocycles. The van der Waals surface area contributed by atoms with Crippen molar-refractivity contribution in [2.75, 3.05) is 17.2 Å². The van der Waals surface area contributed by atoms with E-state index in [1.165, 1.54) is 5.56 Å². The Balaban J connectivity index is 1.86. The SMILES string of the molecule is CCc1ccc(CC2Oc3ccc(N)cc3N(CC)C2=O)cc1. The van der Waals surface area contributed by atoms with Crippen LogP contribution in [0.2, 0.25) is 0 Å². The molecule has 3 rings (SSSR count). The van der Waals surface area contributed by atoms with Gasteiger partial charge >= 0.3 is 0 Å². The number of likely N-dealkylation sites (N-methyl/N-ethyl adjacent to an activating group) is 1. The number of benzene rings is 2. The first kappa shape index (κ1) is 15.4. The number of nitrogens with two attached hydrogens (primary N) is 1. The summed E-state index contributed by atoms with van der Waals surface area (Å²) in [6.45, 7) is 4.69. The van der Waals surface area contributed by atoms with Gasteiger partial charge in [-0.05, 0) is 42.7 Å². The maximum absolute atomic E-state index is 12.7. The molecule has 1 amide bonds. The number of nitrogens with zero attached hydrogens (tertiary/aromatic N) is 1. The molecule has 2 N–H and O–H groups in total. The van der Waals surface area contributed by atoms with Crippen molar-refractivity contribution in [3.63, 3.8) is 0 Å². The number of aryl methyl sites for hydroxylation is 1. The summed E-state index contributed by atoms with van der Waals surface area (Å²) in [4.78, 5) is 14.5. The van der Waals surface area contributed by atoms with E-state index in [1.807, 2.05) is 13.0 Å². The molecule has 120 valence electrons. The minimum Gasteiger partial charge on any atom is -0.478 e. The highest BCUT2D eigenvalue weighted by Crippen LogP contribution is 2.36. The zero-order chi connectivity index (χ0) is 16.4. The van der Waals surface area contributed by atoms with Gasteiger partial charge in [0.2, 0.25) is 0 Å². The Labute approximate surface area is 136 Å². The second kappa shape index (κ2) is 6.32. The third kappa shape index (κ3) is 3.02. The lowest BCUT2D eigenvalue weighted by molar-refractivity contribution is -0.126. The fourth-order valence-electron chi connectivity index (χ4n) is 2.92. The second-order valence-electron chi connectivity index (χ2n) is 5.79. The monoisotopic (exact) mass is 310 g/mol. The minimum atomic E-state index is -0.487. The fraction of sp³-hybridized carbons (Fsp3) is 0.316. The maximum atomic E-state index is 12.7. The van der Waals surface area contributed by atoms with E-state index in [0.717, 1.165) is 23.4 Å². The third-order valence-electron chi connectivity index (χ3n) is 4.25. The first-order valence-electron chi connectivity index (χ1n) is 8.07. The summed E-state index contributed by atoms with van der Waals surface area (Å²) in [5.41, 5.74) is 9.63. The lowest BCUT2D eigenvalue weighted by atomic mass is 10.0. The number of carbonyl (C=O) groups excluding carboxylic acids is 1. The molecule has 1 aliphatic heterocycles. The Bertz CT molecular complexity index is 710. The molecule has 23 heavy (non-hydrogen) atoms. The Morgan fingerprint density at radius 1 is 1.09 bits per heavy atom. The number of anilines is 2. The zero-order valence-corrected chi connectivity index (χ0v) is 13.6. The molecule has 1 aliphatic rings. The molecule has 4 nitrogen and oxygen atoms in total. The molecule has 0 fully saturated rings. The molecule has 0 saturated heterocycles. The predicted molar refractivity (Wildman–Crippen MR) is 92.8 cm³/mol. The summed E-state index contributed by atoms with van der Waals surface area (Å²) < 4.78 is 5.95. The number of carbonyl (C=O) groups is 1. The Morgan fingerprint density at radius 2 is 1.78 bits per heavy atom. The smallest absolute Gasteiger partial charge is 0.268 e. The van der Waals surface area contributed by atoms with Gasteiger partial charge in [-0.3, -0.25) is 4.79 Å². The highest BCUT2D eigenvalue weighted by molar-refractivity contribution is 6.00. The van der Waals surface area contributed by atoms with E-state index >= 15 is 0 Å². The number of nitrogen functional groups attached to an aromatic ring is 1. The summed E-state index contributed by atoms with van der Waals surface area (Å²) in [6, 6.07) is 13.8. The highest BCUT2D eigenvalue weighted by atomic mass is 16.5. The van der Waals surface area contributed by atoms with Crippen molar-refractivity contribution in [3.8, 4) is 5.75 Å². The van der Waals surface area contributed by atoms with Crippen LogP contribution < -0.4 is 15.4 Å². The topological polar surface area (TPSA) is 55.6 Å². The molecule has 0 spiro atoms. The van der Waals surface area contributed by atoms with Crippen molar-refractivity contribution in [1.29, 1.82) is 0 Å². The fourth-order valence-corrected chi connectivity index (χ4v) is 2.92. The second-order valence-corrected chi connectivity index (χ2v) is 5.79. The van der Waals surface area contributed by atoms with Gasteiger partial charge < -0.3 is 15.4 Å². The van der Waals surface area contributed by atoms with Crippen LogP contribution in [0.5, 0.6) is 5.75 Å². The predicted octanol–water partition coefficient (Wildman–Crippen LogP) is 3.19. The summed E-state index contributed by atoms with van der Waals surface area (Å²) in [7, 11) is 0. The van der Waals surface area contributed by atoms with Crippen molar-refractivity contribution >= 4 is 17.3 Å². The average molecular weight is 310 g/mol. The van der Waals surface area contributed by atoms with E-state index in [0.29, 0.717) is 18.7 Å². The highest BCUT2D eigenvalue weighted by Gasteiger charge is 2.33. The van der Waals surface area contributed by atoms with Gasteiger partial charge in [0.1, 0.15) is 5.75 Å². The van der Waals surface area contributed by atoms with Crippen LogP contribution in [0.25, 0.3) is 0 Å². The van der Waals surface area contributed by atoms with Gasteiger partial charge in [0, 0.05) is 18.7 Å². The van der Waals surface area contributed by atoms with Crippen LogP contribution in [0.1, 0.15) is 25.0 Å². The lowest BCUT2D eigenvalue weighted by Gasteiger charge is -2.34. The first-order chi connectivity index (χ1) is 11.1. The Morgan fingerprint density at radius 3 is 2.43 bits per heavy atom. The largest absolute Gasteiger partial charge is 0.478 e. The number of hydrogen-bond acceptors (Lipinski definition) is 3. The molecular formula is C19H22N2O2. The average Bonchev–Trinajstić information content (AvgIpc) is 2.57. The number of rotatable bonds is 4. The van der Waals surface area contributed by atoms with Gasteiger partial charge in [-0.15, -0.1) is 0 Å². The van der Waals surface area contributed by atoms with Gasteiger partial charge in [-0.25, -0.2) is 0 Å². The van der Waals surface area contributed by atoms with E-state index in [9.17, 15) is 4.79 Å². The van der Waals surface area contributed by atoms with Crippen molar-refractivity contribution in [2.45, 2.75) is 32.8 Å². The van der Waals surface area contributed by atoms with Crippen LogP contribution in [-0.2, 0) is 17.6 Å². The molecule has 2 aromatic rings. The molecule has 0 bridgehead atoms. The molecule has 0 saturated carbocycles. The van der Waals surface area contributed by atoms with Gasteiger partial charge in [0.05, 0.1) is 5.69 Å². The van der Waals surface area contributed by atoms with Crippen LogP contribution in [0.15, 0.2) is 42.5 Å². The van der Waals surface area contributed by atoms with Crippen molar-refractivity contribution in [3.05, 3.63) is 53.6 Å². The Hall–Kier alpha value is -2.49. The number of ether oxygens (including phenoxy) is 1. The zero-order valence-electron chi connectivity index (χ0n) is 13.6. The van der Waals surface area contributed by atoms with Crippen molar-refractivity contribution < 1.29 is 9.53 Å². The van der Waals surface area contributed by atoms with E-state index in [4.69, 9.17) is 10.5 Å². The standard InChI is InChI=1S/C19H22N2O2/c1-3-13-5-7-14(8-6-13)11-18-19(22)21(4-2)16-12-15(20)9-10-17(16)23-18/h5-10,12,18H,3-4,11,20H2,1-2H3. The maximum Gasteiger partial charge on any atom is 0.268 e. The van der Waals surface area contributed by atoms with Gasteiger partial charge in [0.25, 0.3) is 5.91 Å². The quantitative estimate of drug-likeness (QED) is 0.882. The summed E-state index contributed by atoms with van der Waals surface area (Å²) >= 11 is 0. The summed E-state index contributed by atoms with van der Waals surface area (Å²) in [5, 5.41) is 0. The normalized spacial score (nSPS) is 16.9. The van der Waals surface area contributed by atoms with Crippen molar-refractivity contribution in [1.82, 2.24) is 0 Å². The van der Waals surface area contributed by atoms with Crippen LogP contribution in [0.3, 0.4) is 0 Å². The van der Waals surface area contributed by atoms with E-state index in [2.05, 4.69) is 31.2 Å². The molecule has 0 aromatic heterocycles. The number of hydrogen-bond donors (Lipinski definition) is 1. The van der Waals surface area contributed by atoms with Crippen LogP contribution in [-0.4, -0.2) is 18.6 Å². The first-order valence-corrected chi connectivity index (χ1v) is 8.07. The summed E-state index contributed by atoms with van der Waals surface area (Å²) in [6.07, 6.45) is 1.10. The molecule has 0 radical (unpaired) electrons. The van der Waals surface area contributed by atoms with Crippen LogP contribution in [0, 0.1) is 0 Å². The van der Waals surface area contributed by atoms with Gasteiger partial charge in [0.15, 0.2) is 6.10 Å². The lowest BCUT2D eigenvalue weighted by Crippen LogP contribution is -2.46. The molecule has 4 heteroatoms. The molecule has 1 unspecified atom stereocenters. The minimum absolute atomic E-state index is 0.00910. The summed E-state index contributed by atoms with van der Waals surface area (Å²) in [5.74, 6) is 0.709. The van der Waals surface area contributed by atoms with Gasteiger partial charge in [-0.1, -0.05) is 31.2 Å². The molecule has 2 aromatic carbocycles. The third-order valence-corrected chi connectivity index (χ3v) is 4.25. The molecule has 1 atom stereocenters. The van der Waals surface area contributed by atoms with Gasteiger partial charge in [-0.2, -0.15) is 0 Å². The van der Waals surface area contributed by atoms with E-state index in [1.54, 1.807) is 17.0 Å². The Kier molecular flexibility index (Phi) is 4.24. The molecular weight excluding hydrogens is 288 g/mol. The number of amides is 1. The van der Waals surface area contributed by atoms with Crippen LogP contribution >= 0.6 is 0 Å². The van der Waals surface area contributed by atoms with Crippen molar-refractivity contribution in [2.24, 2.45) is 0 Å². The van der Waals surface area contributed by atoms with E-state index in [-0.39, 0.29) is 5.91 Å². The van der Waals surface area contributed by atoms with Crippen LogP contribution in [0.4, 0.5) is 11.4 Å². The number of fused-ring (bicyclic) bond motifs is 1. The van der Waals surface area contributed by atoms with E-state index < -0.39 is 6.10 Å². The molecule has 1 heterocycles.